The topological polar surface area (TPSA) is 64.6 Å². The molecule has 0 unspecified atom stereocenters. The van der Waals surface area contributed by atoms with Crippen LogP contribution in [0.25, 0.3) is 0 Å². The van der Waals surface area contributed by atoms with Gasteiger partial charge in [-0.05, 0) is 18.2 Å². The number of esters is 2. The van der Waals surface area contributed by atoms with Crippen molar-refractivity contribution in [1.82, 2.24) is 0 Å². The molecular formula is C13H11ClF3NO4. The maximum atomic E-state index is 12.8. The number of hydrogen-bond acceptors (Lipinski definition) is 5. The van der Waals surface area contributed by atoms with Crippen molar-refractivity contribution in [3.8, 4) is 0 Å². The van der Waals surface area contributed by atoms with E-state index in [9.17, 15) is 22.8 Å². The van der Waals surface area contributed by atoms with E-state index >= 15 is 0 Å². The van der Waals surface area contributed by atoms with Crippen molar-refractivity contribution < 1.29 is 32.2 Å². The zero-order chi connectivity index (χ0) is 16.9. The lowest BCUT2D eigenvalue weighted by Crippen LogP contribution is -2.16. The number of ether oxygens (including phenoxy) is 2. The number of anilines is 1. The molecule has 5 nitrogen and oxygen atoms in total. The van der Waals surface area contributed by atoms with Crippen molar-refractivity contribution in [1.29, 1.82) is 0 Å². The van der Waals surface area contributed by atoms with Gasteiger partial charge in [0.05, 0.1) is 30.9 Å². The molecule has 1 rings (SSSR count). The van der Waals surface area contributed by atoms with E-state index in [1.165, 1.54) is 6.07 Å². The minimum atomic E-state index is -4.66. The highest BCUT2D eigenvalue weighted by atomic mass is 35.5. The lowest BCUT2D eigenvalue weighted by molar-refractivity contribution is -0.138. The third-order valence-corrected chi connectivity index (χ3v) is 2.75. The maximum absolute atomic E-state index is 12.8. The molecule has 0 heterocycles. The Labute approximate surface area is 128 Å². The highest BCUT2D eigenvalue weighted by molar-refractivity contribution is 6.31. The Morgan fingerprint density at radius 2 is 1.86 bits per heavy atom. The molecule has 0 saturated heterocycles. The van der Waals surface area contributed by atoms with Crippen molar-refractivity contribution in [3.63, 3.8) is 0 Å². The lowest BCUT2D eigenvalue weighted by atomic mass is 10.2. The Morgan fingerprint density at radius 1 is 1.23 bits per heavy atom. The van der Waals surface area contributed by atoms with Crippen molar-refractivity contribution in [2.24, 2.45) is 0 Å². The Hall–Kier alpha value is -2.22. The standard InChI is InChI=1S/C13H11ClF3NO4/c1-21-11(19)6-10(12(20)22-2)18-7-3-4-9(14)8(5-7)13(15,16)17/h3-6,18H,1-2H3. The predicted molar refractivity (Wildman–Crippen MR) is 72.2 cm³/mol. The van der Waals surface area contributed by atoms with Crippen LogP contribution in [0.4, 0.5) is 18.9 Å². The zero-order valence-electron chi connectivity index (χ0n) is 11.5. The molecule has 0 fully saturated rings. The summed E-state index contributed by atoms with van der Waals surface area (Å²) >= 11 is 5.49. The number of carbonyl (C=O) groups excluding carboxylic acids is 2. The molecule has 0 amide bonds. The van der Waals surface area contributed by atoms with Crippen LogP contribution in [-0.4, -0.2) is 26.2 Å². The van der Waals surface area contributed by atoms with Gasteiger partial charge in [-0.2, -0.15) is 13.2 Å². The second kappa shape index (κ2) is 7.17. The number of nitrogens with one attached hydrogen (secondary N) is 1. The van der Waals surface area contributed by atoms with Crippen LogP contribution in [-0.2, 0) is 25.2 Å². The van der Waals surface area contributed by atoms with Gasteiger partial charge in [0.1, 0.15) is 5.70 Å². The minimum absolute atomic E-state index is 0.0997. The molecule has 1 aromatic rings. The van der Waals surface area contributed by atoms with E-state index in [4.69, 9.17) is 11.6 Å². The summed E-state index contributed by atoms with van der Waals surface area (Å²) in [5.74, 6) is -1.83. The Bertz CT molecular complexity index is 614. The van der Waals surface area contributed by atoms with E-state index in [1.807, 2.05) is 0 Å². The van der Waals surface area contributed by atoms with Crippen LogP contribution in [0.1, 0.15) is 5.56 Å². The van der Waals surface area contributed by atoms with E-state index in [2.05, 4.69) is 14.8 Å². The van der Waals surface area contributed by atoms with Gasteiger partial charge >= 0.3 is 18.1 Å². The van der Waals surface area contributed by atoms with Gasteiger partial charge in [-0.1, -0.05) is 11.6 Å². The second-order valence-corrected chi connectivity index (χ2v) is 4.30. The van der Waals surface area contributed by atoms with Gasteiger partial charge < -0.3 is 14.8 Å². The van der Waals surface area contributed by atoms with E-state index < -0.39 is 28.7 Å². The van der Waals surface area contributed by atoms with Gasteiger partial charge in [0.25, 0.3) is 0 Å². The summed E-state index contributed by atoms with van der Waals surface area (Å²) in [7, 11) is 2.13. The summed E-state index contributed by atoms with van der Waals surface area (Å²) in [5, 5.41) is 1.87. The normalized spacial score (nSPS) is 11.8. The number of halogens is 4. The van der Waals surface area contributed by atoms with E-state index in [-0.39, 0.29) is 11.4 Å². The molecule has 0 aliphatic rings. The zero-order valence-corrected chi connectivity index (χ0v) is 12.2. The first-order chi connectivity index (χ1) is 10.2. The van der Waals surface area contributed by atoms with Crippen molar-refractivity contribution in [3.05, 3.63) is 40.6 Å². The molecule has 120 valence electrons. The van der Waals surface area contributed by atoms with Gasteiger partial charge in [0.15, 0.2) is 0 Å². The van der Waals surface area contributed by atoms with E-state index in [0.29, 0.717) is 6.07 Å². The Kier molecular flexibility index (Phi) is 5.81. The molecule has 9 heteroatoms. The molecular weight excluding hydrogens is 327 g/mol. The fourth-order valence-corrected chi connectivity index (χ4v) is 1.63. The summed E-state index contributed by atoms with van der Waals surface area (Å²) in [6.07, 6.45) is -3.90. The van der Waals surface area contributed by atoms with Gasteiger partial charge in [0, 0.05) is 5.69 Å². The van der Waals surface area contributed by atoms with Crippen LogP contribution in [0.5, 0.6) is 0 Å². The van der Waals surface area contributed by atoms with Gasteiger partial charge in [0.2, 0.25) is 0 Å². The lowest BCUT2D eigenvalue weighted by Gasteiger charge is -2.13. The van der Waals surface area contributed by atoms with Crippen molar-refractivity contribution in [2.45, 2.75) is 6.18 Å². The molecule has 0 saturated carbocycles. The van der Waals surface area contributed by atoms with Gasteiger partial charge in [-0.15, -0.1) is 0 Å². The Morgan fingerprint density at radius 3 is 2.36 bits per heavy atom. The fourth-order valence-electron chi connectivity index (χ4n) is 1.41. The van der Waals surface area contributed by atoms with Crippen LogP contribution < -0.4 is 5.32 Å². The summed E-state index contributed by atoms with van der Waals surface area (Å²) in [4.78, 5) is 22.7. The summed E-state index contributed by atoms with van der Waals surface area (Å²) in [6, 6.07) is 2.93. The van der Waals surface area contributed by atoms with Gasteiger partial charge in [-0.3, -0.25) is 0 Å². The number of alkyl halides is 3. The highest BCUT2D eigenvalue weighted by Gasteiger charge is 2.33. The molecule has 22 heavy (non-hydrogen) atoms. The minimum Gasteiger partial charge on any atom is -0.466 e. The molecule has 0 aromatic heterocycles. The summed E-state index contributed by atoms with van der Waals surface area (Å²) in [6.45, 7) is 0. The molecule has 1 aromatic carbocycles. The fraction of sp³-hybridized carbons (Fsp3) is 0.231. The van der Waals surface area contributed by atoms with Crippen molar-refractivity contribution >= 4 is 29.2 Å². The molecule has 0 radical (unpaired) electrons. The van der Waals surface area contributed by atoms with Crippen molar-refractivity contribution in [2.75, 3.05) is 19.5 Å². The molecule has 1 N–H and O–H groups in total. The SMILES string of the molecule is COC(=O)C=C(Nc1ccc(Cl)c(C(F)(F)F)c1)C(=O)OC. The largest absolute Gasteiger partial charge is 0.466 e. The summed E-state index contributed by atoms with van der Waals surface area (Å²) in [5.41, 5.74) is -1.57. The predicted octanol–water partition coefficient (Wildman–Crippen LogP) is 3.00. The van der Waals surface area contributed by atoms with Crippen LogP contribution >= 0.6 is 11.6 Å². The van der Waals surface area contributed by atoms with Crippen LogP contribution in [0, 0.1) is 0 Å². The average molecular weight is 338 g/mol. The third-order valence-electron chi connectivity index (χ3n) is 2.42. The van der Waals surface area contributed by atoms with E-state index in [1.54, 1.807) is 0 Å². The molecule has 0 bridgehead atoms. The van der Waals surface area contributed by atoms with Crippen LogP contribution in [0.2, 0.25) is 5.02 Å². The number of hydrogen-bond donors (Lipinski definition) is 1. The van der Waals surface area contributed by atoms with Crippen LogP contribution in [0.15, 0.2) is 30.0 Å². The van der Waals surface area contributed by atoms with Crippen LogP contribution in [0.3, 0.4) is 0 Å². The van der Waals surface area contributed by atoms with E-state index in [0.717, 1.165) is 26.4 Å². The Balaban J connectivity index is 3.17. The number of rotatable bonds is 4. The molecule has 0 spiro atoms. The first-order valence-corrected chi connectivity index (χ1v) is 6.08. The summed E-state index contributed by atoms with van der Waals surface area (Å²) < 4.78 is 47.1. The highest BCUT2D eigenvalue weighted by Crippen LogP contribution is 2.36. The maximum Gasteiger partial charge on any atom is 0.417 e. The monoisotopic (exact) mass is 337 g/mol. The first kappa shape index (κ1) is 17.8. The first-order valence-electron chi connectivity index (χ1n) is 5.70. The second-order valence-electron chi connectivity index (χ2n) is 3.89. The third kappa shape index (κ3) is 4.66. The average Bonchev–Trinajstić information content (AvgIpc) is 2.46. The number of methoxy groups -OCH3 is 2. The molecule has 0 aliphatic carbocycles. The molecule has 0 atom stereocenters. The quantitative estimate of drug-likeness (QED) is 0.676. The number of benzene rings is 1. The van der Waals surface area contributed by atoms with Gasteiger partial charge in [-0.25, -0.2) is 9.59 Å². The number of carbonyl (C=O) groups is 2. The smallest absolute Gasteiger partial charge is 0.417 e. The molecule has 0 aliphatic heterocycles.